The van der Waals surface area contributed by atoms with Crippen molar-refractivity contribution in [3.05, 3.63) is 34.7 Å². The van der Waals surface area contributed by atoms with E-state index in [1.165, 1.54) is 18.3 Å². The van der Waals surface area contributed by atoms with E-state index in [1.54, 1.807) is 6.07 Å². The zero-order valence-electron chi connectivity index (χ0n) is 7.00. The molecule has 1 heterocycles. The number of anilines is 1. The molecular formula is C9H6BrFN2O. The predicted octanol–water partition coefficient (Wildman–Crippen LogP) is 2.83. The summed E-state index contributed by atoms with van der Waals surface area (Å²) in [6.07, 6.45) is 1.38. The largest absolute Gasteiger partial charge is 0.394 e. The van der Waals surface area contributed by atoms with E-state index in [1.807, 2.05) is 0 Å². The van der Waals surface area contributed by atoms with Crippen molar-refractivity contribution < 1.29 is 8.91 Å². The molecule has 0 saturated heterocycles. The van der Waals surface area contributed by atoms with E-state index in [0.29, 0.717) is 21.5 Å². The Labute approximate surface area is 87.8 Å². The number of aromatic nitrogens is 1. The van der Waals surface area contributed by atoms with Crippen LogP contribution in [0.25, 0.3) is 11.3 Å². The third kappa shape index (κ3) is 1.63. The first-order valence-corrected chi connectivity index (χ1v) is 4.63. The van der Waals surface area contributed by atoms with Crippen LogP contribution in [0.4, 0.5) is 10.1 Å². The van der Waals surface area contributed by atoms with Gasteiger partial charge in [-0.1, -0.05) is 21.1 Å². The van der Waals surface area contributed by atoms with Gasteiger partial charge in [0, 0.05) is 10.0 Å². The van der Waals surface area contributed by atoms with Crippen LogP contribution in [0.5, 0.6) is 0 Å². The highest BCUT2D eigenvalue weighted by molar-refractivity contribution is 9.10. The molecule has 2 aromatic rings. The van der Waals surface area contributed by atoms with Crippen molar-refractivity contribution in [3.8, 4) is 11.3 Å². The van der Waals surface area contributed by atoms with Crippen molar-refractivity contribution in [2.24, 2.45) is 0 Å². The van der Waals surface area contributed by atoms with Gasteiger partial charge in [-0.25, -0.2) is 4.39 Å². The number of rotatable bonds is 1. The van der Waals surface area contributed by atoms with Crippen LogP contribution in [0.15, 0.2) is 33.4 Å². The van der Waals surface area contributed by atoms with Crippen molar-refractivity contribution in [2.75, 3.05) is 5.73 Å². The van der Waals surface area contributed by atoms with Crippen LogP contribution in [0, 0.1) is 5.82 Å². The van der Waals surface area contributed by atoms with E-state index in [9.17, 15) is 4.39 Å². The van der Waals surface area contributed by atoms with Crippen molar-refractivity contribution >= 4 is 21.6 Å². The van der Waals surface area contributed by atoms with Gasteiger partial charge in [-0.2, -0.15) is 0 Å². The Balaban J connectivity index is 2.57. The van der Waals surface area contributed by atoms with Gasteiger partial charge in [0.15, 0.2) is 5.76 Å². The average molecular weight is 257 g/mol. The van der Waals surface area contributed by atoms with Gasteiger partial charge in [0.1, 0.15) is 11.5 Å². The summed E-state index contributed by atoms with van der Waals surface area (Å²) in [7, 11) is 0. The molecule has 1 aromatic carbocycles. The maximum Gasteiger partial charge on any atom is 0.189 e. The van der Waals surface area contributed by atoms with Gasteiger partial charge < -0.3 is 10.3 Å². The summed E-state index contributed by atoms with van der Waals surface area (Å²) in [5.74, 6) is 0.0235. The smallest absolute Gasteiger partial charge is 0.189 e. The summed E-state index contributed by atoms with van der Waals surface area (Å²) in [6, 6.07) is 4.40. The van der Waals surface area contributed by atoms with Gasteiger partial charge in [0.2, 0.25) is 0 Å². The van der Waals surface area contributed by atoms with Crippen LogP contribution in [-0.4, -0.2) is 5.16 Å². The van der Waals surface area contributed by atoms with E-state index in [4.69, 9.17) is 10.3 Å². The summed E-state index contributed by atoms with van der Waals surface area (Å²) < 4.78 is 18.5. The molecule has 2 N–H and O–H groups in total. The molecule has 0 atom stereocenters. The first-order chi connectivity index (χ1) is 6.66. The molecule has 72 valence electrons. The second kappa shape index (κ2) is 3.42. The molecule has 0 spiro atoms. The Morgan fingerprint density at radius 2 is 2.14 bits per heavy atom. The molecule has 14 heavy (non-hydrogen) atoms. The van der Waals surface area contributed by atoms with Gasteiger partial charge in [-0.3, -0.25) is 0 Å². The fourth-order valence-corrected chi connectivity index (χ4v) is 1.62. The van der Waals surface area contributed by atoms with E-state index in [2.05, 4.69) is 21.1 Å². The monoisotopic (exact) mass is 256 g/mol. The highest BCUT2D eigenvalue weighted by atomic mass is 79.9. The lowest BCUT2D eigenvalue weighted by Crippen LogP contribution is -1.85. The molecule has 0 aliphatic carbocycles. The maximum absolute atomic E-state index is 13.0. The molecule has 0 radical (unpaired) electrons. The van der Waals surface area contributed by atoms with Crippen molar-refractivity contribution in [1.29, 1.82) is 0 Å². The fraction of sp³-hybridized carbons (Fsp3) is 0. The highest BCUT2D eigenvalue weighted by Crippen LogP contribution is 2.28. The first kappa shape index (κ1) is 9.21. The van der Waals surface area contributed by atoms with Crippen LogP contribution in [-0.2, 0) is 0 Å². The van der Waals surface area contributed by atoms with Gasteiger partial charge in [0.25, 0.3) is 0 Å². The summed E-state index contributed by atoms with van der Waals surface area (Å²) in [5.41, 5.74) is 6.53. The zero-order valence-corrected chi connectivity index (χ0v) is 8.58. The van der Waals surface area contributed by atoms with E-state index in [0.717, 1.165) is 0 Å². The lowest BCUT2D eigenvalue weighted by Gasteiger charge is -1.98. The average Bonchev–Trinajstić information content (AvgIpc) is 2.49. The minimum absolute atomic E-state index is 0.356. The predicted molar refractivity (Wildman–Crippen MR) is 54.0 cm³/mol. The van der Waals surface area contributed by atoms with Gasteiger partial charge in [0.05, 0.1) is 6.20 Å². The van der Waals surface area contributed by atoms with E-state index in [-0.39, 0.29) is 5.82 Å². The number of hydrogen-bond donors (Lipinski definition) is 1. The molecule has 5 heteroatoms. The summed E-state index contributed by atoms with van der Waals surface area (Å²) in [4.78, 5) is 0. The molecular weight excluding hydrogens is 251 g/mol. The maximum atomic E-state index is 13.0. The Hall–Kier alpha value is -1.36. The van der Waals surface area contributed by atoms with Gasteiger partial charge in [-0.15, -0.1) is 0 Å². The first-order valence-electron chi connectivity index (χ1n) is 3.83. The van der Waals surface area contributed by atoms with Gasteiger partial charge in [-0.05, 0) is 18.2 Å². The van der Waals surface area contributed by atoms with Crippen LogP contribution >= 0.6 is 15.9 Å². The number of nitrogen functional groups attached to an aromatic ring is 1. The molecule has 3 nitrogen and oxygen atoms in total. The van der Waals surface area contributed by atoms with Crippen LogP contribution in [0.1, 0.15) is 0 Å². The third-order valence-corrected chi connectivity index (χ3v) is 2.18. The minimum atomic E-state index is -0.356. The molecule has 1 aromatic heterocycles. The number of halogens is 2. The fourth-order valence-electron chi connectivity index (χ4n) is 1.15. The topological polar surface area (TPSA) is 52.0 Å². The molecule has 0 aliphatic heterocycles. The molecule has 0 saturated carbocycles. The molecule has 0 unspecified atom stereocenters. The lowest BCUT2D eigenvalue weighted by molar-refractivity contribution is 0.432. The molecule has 0 aliphatic rings. The van der Waals surface area contributed by atoms with Crippen LogP contribution < -0.4 is 5.73 Å². The Bertz CT molecular complexity index is 449. The quantitative estimate of drug-likeness (QED) is 0.854. The normalized spacial score (nSPS) is 10.4. The summed E-state index contributed by atoms with van der Waals surface area (Å²) >= 11 is 3.18. The molecule has 2 rings (SSSR count). The van der Waals surface area contributed by atoms with Crippen molar-refractivity contribution in [2.45, 2.75) is 0 Å². The van der Waals surface area contributed by atoms with Crippen molar-refractivity contribution in [1.82, 2.24) is 5.16 Å². The highest BCUT2D eigenvalue weighted by Gasteiger charge is 2.09. The molecule has 0 fully saturated rings. The Morgan fingerprint density at radius 1 is 1.36 bits per heavy atom. The van der Waals surface area contributed by atoms with Crippen LogP contribution in [0.2, 0.25) is 0 Å². The van der Waals surface area contributed by atoms with E-state index >= 15 is 0 Å². The summed E-state index contributed by atoms with van der Waals surface area (Å²) in [6.45, 7) is 0. The third-order valence-electron chi connectivity index (χ3n) is 1.72. The Morgan fingerprint density at radius 3 is 2.71 bits per heavy atom. The minimum Gasteiger partial charge on any atom is -0.394 e. The second-order valence-electron chi connectivity index (χ2n) is 2.77. The number of nitrogens with two attached hydrogens (primary N) is 1. The van der Waals surface area contributed by atoms with Gasteiger partial charge >= 0.3 is 0 Å². The standard InChI is InChI=1S/C9H6BrFN2O/c10-6-1-5(2-7(11)3-6)9-8(12)4-13-14-9/h1-4H,12H2. The SMILES string of the molecule is Nc1cnoc1-c1cc(F)cc(Br)c1. The Kier molecular flexibility index (Phi) is 2.25. The lowest BCUT2D eigenvalue weighted by atomic mass is 10.1. The molecule has 0 bridgehead atoms. The number of nitrogens with zero attached hydrogens (tertiary/aromatic N) is 1. The molecule has 0 amide bonds. The van der Waals surface area contributed by atoms with Crippen molar-refractivity contribution in [3.63, 3.8) is 0 Å². The van der Waals surface area contributed by atoms with E-state index < -0.39 is 0 Å². The zero-order chi connectivity index (χ0) is 10.1. The number of benzene rings is 1. The second-order valence-corrected chi connectivity index (χ2v) is 3.68. The van der Waals surface area contributed by atoms with Crippen LogP contribution in [0.3, 0.4) is 0 Å². The number of hydrogen-bond acceptors (Lipinski definition) is 3. The summed E-state index contributed by atoms with van der Waals surface area (Å²) in [5, 5.41) is 3.52.